The van der Waals surface area contributed by atoms with Gasteiger partial charge in [-0.1, -0.05) is 24.0 Å². The Balaban J connectivity index is 1.84. The Hall–Kier alpha value is -4.04. The van der Waals surface area contributed by atoms with E-state index in [-0.39, 0.29) is 11.1 Å². The molecule has 0 saturated heterocycles. The molecule has 0 aliphatic rings. The smallest absolute Gasteiger partial charge is 0.233 e. The van der Waals surface area contributed by atoms with Gasteiger partial charge in [-0.3, -0.25) is 9.59 Å². The SMILES string of the molecule is COc1ccc(C#Cc2cccc(C(=O)C(=O)c3cc(OC)cc(OC)c3)c2)cc1. The van der Waals surface area contributed by atoms with Crippen molar-refractivity contribution in [3.05, 3.63) is 89.0 Å². The van der Waals surface area contributed by atoms with Crippen molar-refractivity contribution in [1.82, 2.24) is 0 Å². The van der Waals surface area contributed by atoms with Crippen LogP contribution in [0.5, 0.6) is 17.2 Å². The zero-order valence-corrected chi connectivity index (χ0v) is 16.9. The number of Topliss-reactive ketones (excluding diaryl/α,β-unsaturated/α-hetero) is 2. The van der Waals surface area contributed by atoms with Crippen LogP contribution >= 0.6 is 0 Å². The second kappa shape index (κ2) is 9.44. The molecule has 0 aromatic heterocycles. The Morgan fingerprint density at radius 3 is 1.77 bits per heavy atom. The van der Waals surface area contributed by atoms with Crippen LogP contribution in [0.25, 0.3) is 0 Å². The van der Waals surface area contributed by atoms with E-state index in [0.29, 0.717) is 17.1 Å². The fourth-order valence-electron chi connectivity index (χ4n) is 2.76. The van der Waals surface area contributed by atoms with Crippen LogP contribution in [0.3, 0.4) is 0 Å². The number of carbonyl (C=O) groups excluding carboxylic acids is 2. The van der Waals surface area contributed by atoms with Crippen LogP contribution in [-0.2, 0) is 0 Å². The first kappa shape index (κ1) is 20.7. The Labute approximate surface area is 175 Å². The molecule has 5 nitrogen and oxygen atoms in total. The van der Waals surface area contributed by atoms with Gasteiger partial charge >= 0.3 is 0 Å². The molecular formula is C25H20O5. The van der Waals surface area contributed by atoms with Crippen LogP contribution in [0.15, 0.2) is 66.7 Å². The molecule has 0 atom stereocenters. The van der Waals surface area contributed by atoms with Crippen molar-refractivity contribution in [2.75, 3.05) is 21.3 Å². The second-order valence-corrected chi connectivity index (χ2v) is 6.32. The van der Waals surface area contributed by atoms with Crippen molar-refractivity contribution in [2.45, 2.75) is 0 Å². The monoisotopic (exact) mass is 400 g/mol. The molecule has 0 heterocycles. The van der Waals surface area contributed by atoms with E-state index in [1.54, 1.807) is 37.4 Å². The molecule has 0 bridgehead atoms. The largest absolute Gasteiger partial charge is 0.497 e. The normalized spacial score (nSPS) is 9.83. The first-order chi connectivity index (χ1) is 14.5. The quantitative estimate of drug-likeness (QED) is 0.353. The molecule has 0 N–H and O–H groups in total. The predicted octanol–water partition coefficient (Wildman–Crippen LogP) is 4.18. The maximum Gasteiger partial charge on any atom is 0.233 e. The summed E-state index contributed by atoms with van der Waals surface area (Å²) in [5.74, 6) is 6.40. The molecule has 0 aliphatic carbocycles. The lowest BCUT2D eigenvalue weighted by atomic mass is 9.99. The summed E-state index contributed by atoms with van der Waals surface area (Å²) in [5.41, 5.74) is 1.91. The number of methoxy groups -OCH3 is 3. The van der Waals surface area contributed by atoms with E-state index in [0.717, 1.165) is 11.3 Å². The number of rotatable bonds is 6. The third-order valence-electron chi connectivity index (χ3n) is 4.39. The highest BCUT2D eigenvalue weighted by Crippen LogP contribution is 2.23. The van der Waals surface area contributed by atoms with Crippen molar-refractivity contribution in [1.29, 1.82) is 0 Å². The Morgan fingerprint density at radius 1 is 0.600 bits per heavy atom. The summed E-state index contributed by atoms with van der Waals surface area (Å²) >= 11 is 0. The average Bonchev–Trinajstić information content (AvgIpc) is 2.81. The van der Waals surface area contributed by atoms with Crippen molar-refractivity contribution in [3.63, 3.8) is 0 Å². The predicted molar refractivity (Wildman–Crippen MR) is 114 cm³/mol. The fraction of sp³-hybridized carbons (Fsp3) is 0.120. The molecule has 0 fully saturated rings. The van der Waals surface area contributed by atoms with E-state index in [4.69, 9.17) is 14.2 Å². The minimum atomic E-state index is -0.646. The van der Waals surface area contributed by atoms with Crippen LogP contribution in [0.4, 0.5) is 0 Å². The van der Waals surface area contributed by atoms with Crippen molar-refractivity contribution >= 4 is 11.6 Å². The number of benzene rings is 3. The molecule has 0 unspecified atom stereocenters. The maximum absolute atomic E-state index is 12.7. The second-order valence-electron chi connectivity index (χ2n) is 6.32. The summed E-state index contributed by atoms with van der Waals surface area (Å²) in [6.45, 7) is 0. The van der Waals surface area contributed by atoms with E-state index in [9.17, 15) is 9.59 Å². The lowest BCUT2D eigenvalue weighted by Gasteiger charge is -2.07. The molecule has 0 radical (unpaired) electrons. The summed E-state index contributed by atoms with van der Waals surface area (Å²) in [6.07, 6.45) is 0. The molecule has 3 rings (SSSR count). The van der Waals surface area contributed by atoms with Crippen molar-refractivity contribution < 1.29 is 23.8 Å². The first-order valence-electron chi connectivity index (χ1n) is 9.12. The number of hydrogen-bond donors (Lipinski definition) is 0. The van der Waals surface area contributed by atoms with Gasteiger partial charge in [0.25, 0.3) is 0 Å². The highest BCUT2D eigenvalue weighted by Gasteiger charge is 2.20. The van der Waals surface area contributed by atoms with Crippen molar-refractivity contribution in [2.24, 2.45) is 0 Å². The summed E-state index contributed by atoms with van der Waals surface area (Å²) < 4.78 is 15.5. The minimum Gasteiger partial charge on any atom is -0.497 e. The fourth-order valence-corrected chi connectivity index (χ4v) is 2.76. The van der Waals surface area contributed by atoms with Gasteiger partial charge in [-0.25, -0.2) is 0 Å². The highest BCUT2D eigenvalue weighted by atomic mass is 16.5. The average molecular weight is 400 g/mol. The van der Waals surface area contributed by atoms with Gasteiger partial charge in [0.2, 0.25) is 11.6 Å². The lowest BCUT2D eigenvalue weighted by molar-refractivity contribution is 0.0816. The van der Waals surface area contributed by atoms with Gasteiger partial charge in [0.15, 0.2) is 0 Å². The Kier molecular flexibility index (Phi) is 6.51. The molecule has 150 valence electrons. The molecular weight excluding hydrogens is 380 g/mol. The maximum atomic E-state index is 12.7. The van der Waals surface area contributed by atoms with Crippen LogP contribution < -0.4 is 14.2 Å². The molecule has 3 aromatic rings. The summed E-state index contributed by atoms with van der Waals surface area (Å²) in [6, 6.07) is 18.7. The number of ether oxygens (including phenoxy) is 3. The molecule has 0 spiro atoms. The van der Waals surface area contributed by atoms with E-state index in [1.807, 2.05) is 24.3 Å². The molecule has 0 aliphatic heterocycles. The third-order valence-corrected chi connectivity index (χ3v) is 4.39. The molecule has 0 saturated carbocycles. The minimum absolute atomic E-state index is 0.200. The van der Waals surface area contributed by atoms with E-state index >= 15 is 0 Å². The van der Waals surface area contributed by atoms with Gasteiger partial charge < -0.3 is 14.2 Å². The number of carbonyl (C=O) groups is 2. The standard InChI is InChI=1S/C25H20O5/c1-28-21-11-9-17(10-12-21)7-8-18-5-4-6-19(13-18)24(26)25(27)20-14-22(29-2)16-23(15-20)30-3/h4-6,9-16H,1-3H3. The van der Waals surface area contributed by atoms with Gasteiger partial charge in [0.05, 0.1) is 21.3 Å². The Morgan fingerprint density at radius 2 is 1.17 bits per heavy atom. The summed E-state index contributed by atoms with van der Waals surface area (Å²) in [5, 5.41) is 0. The molecule has 0 amide bonds. The Bertz CT molecular complexity index is 1110. The van der Waals surface area contributed by atoms with Gasteiger partial charge in [-0.15, -0.1) is 0 Å². The molecule has 3 aromatic carbocycles. The number of ketones is 2. The molecule has 5 heteroatoms. The summed E-state index contributed by atoms with van der Waals surface area (Å²) in [4.78, 5) is 25.5. The topological polar surface area (TPSA) is 61.8 Å². The van der Waals surface area contributed by atoms with Crippen LogP contribution in [0.1, 0.15) is 31.8 Å². The summed E-state index contributed by atoms with van der Waals surface area (Å²) in [7, 11) is 4.57. The lowest BCUT2D eigenvalue weighted by Crippen LogP contribution is -2.15. The molecule has 30 heavy (non-hydrogen) atoms. The first-order valence-corrected chi connectivity index (χ1v) is 9.12. The van der Waals surface area contributed by atoms with E-state index < -0.39 is 11.6 Å². The van der Waals surface area contributed by atoms with Crippen LogP contribution in [0.2, 0.25) is 0 Å². The van der Waals surface area contributed by atoms with E-state index in [2.05, 4.69) is 11.8 Å². The van der Waals surface area contributed by atoms with Gasteiger partial charge in [-0.2, -0.15) is 0 Å². The van der Waals surface area contributed by atoms with Gasteiger partial charge in [0.1, 0.15) is 17.2 Å². The highest BCUT2D eigenvalue weighted by molar-refractivity contribution is 6.49. The van der Waals surface area contributed by atoms with Crippen LogP contribution in [0, 0.1) is 11.8 Å². The van der Waals surface area contributed by atoms with Gasteiger partial charge in [0, 0.05) is 28.3 Å². The van der Waals surface area contributed by atoms with Crippen LogP contribution in [-0.4, -0.2) is 32.9 Å². The zero-order valence-electron chi connectivity index (χ0n) is 16.9. The van der Waals surface area contributed by atoms with Crippen molar-refractivity contribution in [3.8, 4) is 29.1 Å². The zero-order chi connectivity index (χ0) is 21.5. The van der Waals surface area contributed by atoms with Gasteiger partial charge in [-0.05, 0) is 48.5 Å². The number of hydrogen-bond acceptors (Lipinski definition) is 5. The van der Waals surface area contributed by atoms with E-state index in [1.165, 1.54) is 26.4 Å². The third kappa shape index (κ3) is 4.86.